The van der Waals surface area contributed by atoms with Gasteiger partial charge in [0.2, 0.25) is 0 Å². The Kier molecular flexibility index (Phi) is 38.7. The molecule has 49 heavy (non-hydrogen) atoms. The van der Waals surface area contributed by atoms with Crippen molar-refractivity contribution in [1.82, 2.24) is 5.32 Å². The summed E-state index contributed by atoms with van der Waals surface area (Å²) in [7, 11) is 0. The van der Waals surface area contributed by atoms with Crippen LogP contribution in [0.1, 0.15) is 239 Å². The summed E-state index contributed by atoms with van der Waals surface area (Å²) in [5.41, 5.74) is 6.29. The minimum absolute atomic E-state index is 0.00769. The van der Waals surface area contributed by atoms with E-state index >= 15 is 0 Å². The lowest BCUT2D eigenvalue weighted by molar-refractivity contribution is -0.144. The number of rotatable bonds is 41. The van der Waals surface area contributed by atoms with Crippen molar-refractivity contribution >= 4 is 11.9 Å². The first-order valence-electron chi connectivity index (χ1n) is 21.8. The molecule has 292 valence electrons. The summed E-state index contributed by atoms with van der Waals surface area (Å²) in [6, 6.07) is 0.657. The van der Waals surface area contributed by atoms with Gasteiger partial charge in [-0.1, -0.05) is 187 Å². The molecule has 0 rings (SSSR count). The lowest BCUT2D eigenvalue weighted by Gasteiger charge is -2.22. The molecule has 0 aliphatic carbocycles. The largest absolute Gasteiger partial charge is 0.481 e. The first kappa shape index (κ1) is 47.9. The molecule has 4 N–H and O–H groups in total. The molecule has 0 aromatic heterocycles. The second-order valence-corrected chi connectivity index (χ2v) is 15.3. The molecule has 0 aliphatic rings. The van der Waals surface area contributed by atoms with Crippen molar-refractivity contribution in [3.8, 4) is 0 Å². The number of carbonyl (C=O) groups is 2. The lowest BCUT2D eigenvalue weighted by atomic mass is 10.0. The van der Waals surface area contributed by atoms with Crippen LogP contribution < -0.4 is 11.1 Å². The summed E-state index contributed by atoms with van der Waals surface area (Å²) in [4.78, 5) is 22.5. The van der Waals surface area contributed by atoms with E-state index in [0.717, 1.165) is 38.6 Å². The highest BCUT2D eigenvalue weighted by molar-refractivity contribution is 5.69. The van der Waals surface area contributed by atoms with Gasteiger partial charge in [-0.3, -0.25) is 9.59 Å². The van der Waals surface area contributed by atoms with Gasteiger partial charge in [0.1, 0.15) is 0 Å². The molecule has 0 aromatic carbocycles. The molecule has 2 unspecified atom stereocenters. The average Bonchev–Trinajstić information content (AvgIpc) is 3.08. The molecule has 0 aromatic rings. The number of hydrogen-bond donors (Lipinski definition) is 3. The van der Waals surface area contributed by atoms with Gasteiger partial charge in [-0.2, -0.15) is 0 Å². The number of carboxylic acids is 1. The smallest absolute Gasteiger partial charge is 0.305 e. The van der Waals surface area contributed by atoms with E-state index in [9.17, 15) is 9.59 Å². The Hall–Kier alpha value is -1.14. The number of ether oxygens (including phenoxy) is 1. The fourth-order valence-electron chi connectivity index (χ4n) is 6.90. The van der Waals surface area contributed by atoms with Crippen LogP contribution in [0.2, 0.25) is 0 Å². The normalized spacial score (nSPS) is 12.7. The van der Waals surface area contributed by atoms with Crippen LogP contribution in [0.25, 0.3) is 0 Å². The Bertz CT molecular complexity index is 687. The van der Waals surface area contributed by atoms with Crippen LogP contribution in [0.3, 0.4) is 0 Å². The summed E-state index contributed by atoms with van der Waals surface area (Å²) < 4.78 is 5.43. The van der Waals surface area contributed by atoms with Crippen LogP contribution in [-0.2, 0) is 14.3 Å². The van der Waals surface area contributed by atoms with Crippen LogP contribution in [-0.4, -0.2) is 42.3 Å². The van der Waals surface area contributed by atoms with Crippen molar-refractivity contribution in [2.45, 2.75) is 251 Å². The van der Waals surface area contributed by atoms with Gasteiger partial charge in [0.15, 0.2) is 0 Å². The molecule has 0 radical (unpaired) electrons. The highest BCUT2D eigenvalue weighted by Crippen LogP contribution is 2.15. The first-order chi connectivity index (χ1) is 24.0. The fourth-order valence-corrected chi connectivity index (χ4v) is 6.90. The molecule has 0 saturated carbocycles. The van der Waals surface area contributed by atoms with Crippen molar-refractivity contribution < 1.29 is 19.4 Å². The number of nitrogens with one attached hydrogen (secondary N) is 1. The number of carbonyl (C=O) groups excluding carboxylic acids is 1. The molecule has 0 aliphatic heterocycles. The van der Waals surface area contributed by atoms with Crippen LogP contribution in [0, 0.1) is 0 Å². The van der Waals surface area contributed by atoms with Gasteiger partial charge < -0.3 is 20.9 Å². The first-order valence-corrected chi connectivity index (χ1v) is 21.8. The van der Waals surface area contributed by atoms with Gasteiger partial charge in [-0.25, -0.2) is 0 Å². The molecule has 0 bridgehead atoms. The second kappa shape index (κ2) is 39.6. The SMILES string of the molecule is CCCCCCCCCCCCOC(=O)CCCCCCCCCCCCCNC(CCCCCCCCCCCCCC(=O)O)C(C)N. The van der Waals surface area contributed by atoms with Crippen molar-refractivity contribution in [3.63, 3.8) is 0 Å². The van der Waals surface area contributed by atoms with E-state index in [1.54, 1.807) is 0 Å². The third-order valence-electron chi connectivity index (χ3n) is 10.3. The zero-order valence-corrected chi connectivity index (χ0v) is 33.1. The summed E-state index contributed by atoms with van der Waals surface area (Å²) >= 11 is 0. The lowest BCUT2D eigenvalue weighted by Crippen LogP contribution is -2.43. The van der Waals surface area contributed by atoms with Crippen LogP contribution in [0.4, 0.5) is 0 Å². The Morgan fingerprint density at radius 1 is 0.531 bits per heavy atom. The predicted octanol–water partition coefficient (Wildman–Crippen LogP) is 12.6. The third-order valence-corrected chi connectivity index (χ3v) is 10.3. The standard InChI is InChI=1S/C43H86N2O4/c1-3-4-5-6-7-8-19-24-29-34-39-49-43(48)37-32-27-22-17-13-10-14-18-23-28-33-38-45-41(40(2)44)35-30-25-20-15-11-9-12-16-21-26-31-36-42(46)47/h40-41,45H,3-39,44H2,1-2H3,(H,46,47). The van der Waals surface area contributed by atoms with E-state index in [-0.39, 0.29) is 12.0 Å². The Balaban J connectivity index is 3.39. The minimum atomic E-state index is -0.666. The van der Waals surface area contributed by atoms with Gasteiger partial charge in [0.25, 0.3) is 0 Å². The van der Waals surface area contributed by atoms with E-state index in [0.29, 0.717) is 25.5 Å². The van der Waals surface area contributed by atoms with Gasteiger partial charge in [-0.15, -0.1) is 0 Å². The fraction of sp³-hybridized carbons (Fsp3) is 0.953. The van der Waals surface area contributed by atoms with Gasteiger partial charge in [-0.05, 0) is 45.6 Å². The molecule has 0 amide bonds. The number of nitrogens with two attached hydrogens (primary N) is 1. The Morgan fingerprint density at radius 3 is 1.33 bits per heavy atom. The molecular weight excluding hydrogens is 608 g/mol. The summed E-state index contributed by atoms with van der Waals surface area (Å²) in [5.74, 6) is -0.658. The van der Waals surface area contributed by atoms with Gasteiger partial charge in [0, 0.05) is 24.9 Å². The highest BCUT2D eigenvalue weighted by atomic mass is 16.5. The average molecular weight is 695 g/mol. The maximum atomic E-state index is 12.0. The van der Waals surface area contributed by atoms with Gasteiger partial charge in [0.05, 0.1) is 6.61 Å². The van der Waals surface area contributed by atoms with Crippen molar-refractivity contribution in [2.24, 2.45) is 5.73 Å². The Labute approximate surface area is 305 Å². The van der Waals surface area contributed by atoms with E-state index in [1.807, 2.05) is 0 Å². The maximum Gasteiger partial charge on any atom is 0.305 e. The van der Waals surface area contributed by atoms with E-state index < -0.39 is 5.97 Å². The minimum Gasteiger partial charge on any atom is -0.481 e. The number of esters is 1. The third kappa shape index (κ3) is 39.5. The van der Waals surface area contributed by atoms with Crippen molar-refractivity contribution in [2.75, 3.05) is 13.2 Å². The predicted molar refractivity (Wildman–Crippen MR) is 211 cm³/mol. The van der Waals surface area contributed by atoms with E-state index in [4.69, 9.17) is 15.6 Å². The van der Waals surface area contributed by atoms with Crippen LogP contribution in [0.5, 0.6) is 0 Å². The highest BCUT2D eigenvalue weighted by Gasteiger charge is 2.12. The van der Waals surface area contributed by atoms with E-state index in [2.05, 4.69) is 19.2 Å². The summed E-state index contributed by atoms with van der Waals surface area (Å²) in [5, 5.41) is 12.4. The molecular formula is C43H86N2O4. The zero-order chi connectivity index (χ0) is 35.9. The number of aliphatic carboxylic acids is 1. The quantitative estimate of drug-likeness (QED) is 0.0435. The molecule has 2 atom stereocenters. The number of unbranched alkanes of at least 4 members (excludes halogenated alkanes) is 29. The van der Waals surface area contributed by atoms with Crippen LogP contribution >= 0.6 is 0 Å². The molecule has 0 heterocycles. The second-order valence-electron chi connectivity index (χ2n) is 15.3. The molecule has 0 saturated heterocycles. The van der Waals surface area contributed by atoms with Crippen molar-refractivity contribution in [3.05, 3.63) is 0 Å². The van der Waals surface area contributed by atoms with Crippen molar-refractivity contribution in [1.29, 1.82) is 0 Å². The number of hydrogen-bond acceptors (Lipinski definition) is 5. The molecule has 0 fully saturated rings. The van der Waals surface area contributed by atoms with E-state index in [1.165, 1.54) is 180 Å². The maximum absolute atomic E-state index is 12.0. The Morgan fingerprint density at radius 2 is 0.898 bits per heavy atom. The van der Waals surface area contributed by atoms with Crippen LogP contribution in [0.15, 0.2) is 0 Å². The molecule has 6 heteroatoms. The zero-order valence-electron chi connectivity index (χ0n) is 33.1. The molecule has 6 nitrogen and oxygen atoms in total. The summed E-state index contributed by atoms with van der Waals surface area (Å²) in [6.07, 6.45) is 42.7. The monoisotopic (exact) mass is 695 g/mol. The van der Waals surface area contributed by atoms with Gasteiger partial charge >= 0.3 is 11.9 Å². The topological polar surface area (TPSA) is 102 Å². The molecule has 0 spiro atoms. The number of carboxylic acid groups (broad SMARTS) is 1. The summed E-state index contributed by atoms with van der Waals surface area (Å²) in [6.45, 7) is 6.12.